The molecule has 2 aliphatic rings. The molecule has 5 rings (SSSR count). The van der Waals surface area contributed by atoms with Gasteiger partial charge in [-0.05, 0) is 54.2 Å². The van der Waals surface area contributed by atoms with Crippen LogP contribution in [0.4, 0.5) is 5.69 Å². The number of ether oxygens (including phenoxy) is 1. The van der Waals surface area contributed by atoms with Crippen LogP contribution in [-0.2, 0) is 29.0 Å². The molecule has 0 saturated carbocycles. The number of carbonyl (C=O) groups is 2. The average molecular weight is 572 g/mol. The molecule has 1 N–H and O–H groups in total. The lowest BCUT2D eigenvalue weighted by atomic mass is 9.89. The number of anilines is 1. The van der Waals surface area contributed by atoms with Gasteiger partial charge in [0.1, 0.15) is 5.75 Å². The molecule has 2 amide bonds. The average Bonchev–Trinajstić information content (AvgIpc) is 2.94. The molecule has 9 heteroatoms. The predicted octanol–water partition coefficient (Wildman–Crippen LogP) is 4.91. The molecule has 1 saturated heterocycles. The van der Waals surface area contributed by atoms with Gasteiger partial charge in [0.2, 0.25) is 11.8 Å². The quantitative estimate of drug-likeness (QED) is 0.437. The summed E-state index contributed by atoms with van der Waals surface area (Å²) in [7, 11) is 3.53. The monoisotopic (exact) mass is 570 g/mol. The van der Waals surface area contributed by atoms with E-state index in [-0.39, 0.29) is 48.7 Å². The molecule has 1 aromatic heterocycles. The van der Waals surface area contributed by atoms with Gasteiger partial charge >= 0.3 is 0 Å². The van der Waals surface area contributed by atoms with Gasteiger partial charge in [-0.3, -0.25) is 14.6 Å². The van der Waals surface area contributed by atoms with Gasteiger partial charge in [-0.25, -0.2) is 0 Å². The Morgan fingerprint density at radius 1 is 1.10 bits per heavy atom. The third kappa shape index (κ3) is 6.72. The number of nitrogens with one attached hydrogen (secondary N) is 1. The first kappa shape index (κ1) is 30.4. The van der Waals surface area contributed by atoms with Crippen molar-refractivity contribution in [3.05, 3.63) is 89.2 Å². The van der Waals surface area contributed by atoms with Gasteiger partial charge in [-0.15, -0.1) is 24.8 Å². The minimum atomic E-state index is -0.0769. The molecule has 2 atom stereocenters. The Morgan fingerprint density at radius 2 is 1.90 bits per heavy atom. The molecule has 2 aromatic carbocycles. The van der Waals surface area contributed by atoms with E-state index in [4.69, 9.17) is 4.74 Å². The standard InChI is InChI=1S/C30H34N4O3.2ClH/c1-33-26-17-24(27(37-2)18-23(26)12-13-28(33)35)20-32-25-11-7-15-34(30(25)22-9-4-3-5-10-22)29(36)16-21-8-6-14-31-19-21;;/h3-6,8-10,14,17-19,25,30,32H,7,11-13,15-16,20H2,1-2H3;2*1H. The number of rotatable bonds is 7. The predicted molar refractivity (Wildman–Crippen MR) is 158 cm³/mol. The van der Waals surface area contributed by atoms with E-state index in [1.54, 1.807) is 24.4 Å². The Hall–Kier alpha value is -3.13. The van der Waals surface area contributed by atoms with E-state index in [2.05, 4.69) is 34.6 Å². The number of hydrogen-bond acceptors (Lipinski definition) is 5. The number of aromatic nitrogens is 1. The number of piperidine rings is 1. The van der Waals surface area contributed by atoms with Gasteiger partial charge in [0.05, 0.1) is 19.6 Å². The van der Waals surface area contributed by atoms with E-state index in [1.807, 2.05) is 42.3 Å². The zero-order valence-corrected chi connectivity index (χ0v) is 24.0. The maximum atomic E-state index is 13.5. The highest BCUT2D eigenvalue weighted by atomic mass is 35.5. The third-order valence-electron chi connectivity index (χ3n) is 7.55. The van der Waals surface area contributed by atoms with Crippen LogP contribution in [0.25, 0.3) is 0 Å². The van der Waals surface area contributed by atoms with E-state index < -0.39 is 0 Å². The van der Waals surface area contributed by atoms with E-state index in [9.17, 15) is 9.59 Å². The van der Waals surface area contributed by atoms with Crippen molar-refractivity contribution in [2.75, 3.05) is 25.6 Å². The van der Waals surface area contributed by atoms with Crippen molar-refractivity contribution in [3.8, 4) is 5.75 Å². The fourth-order valence-corrected chi connectivity index (χ4v) is 5.61. The molecular formula is C30H36Cl2N4O3. The molecule has 1 fully saturated rings. The number of aryl methyl sites for hydroxylation is 1. The van der Waals surface area contributed by atoms with Gasteiger partial charge in [-0.1, -0.05) is 36.4 Å². The summed E-state index contributed by atoms with van der Waals surface area (Å²) in [4.78, 5) is 33.8. The first-order valence-corrected chi connectivity index (χ1v) is 13.0. The van der Waals surface area contributed by atoms with Crippen molar-refractivity contribution >= 4 is 42.3 Å². The maximum Gasteiger partial charge on any atom is 0.227 e. The summed E-state index contributed by atoms with van der Waals surface area (Å²) in [5, 5.41) is 3.75. The number of nitrogens with zero attached hydrogens (tertiary/aromatic N) is 3. The fourth-order valence-electron chi connectivity index (χ4n) is 5.61. The molecule has 0 radical (unpaired) electrons. The highest BCUT2D eigenvalue weighted by Gasteiger charge is 2.35. The van der Waals surface area contributed by atoms with Crippen molar-refractivity contribution in [1.82, 2.24) is 15.2 Å². The molecule has 39 heavy (non-hydrogen) atoms. The number of carbonyl (C=O) groups excluding carboxylic acids is 2. The molecule has 3 heterocycles. The van der Waals surface area contributed by atoms with Crippen LogP contribution in [0.5, 0.6) is 5.75 Å². The molecule has 2 aliphatic heterocycles. The number of pyridine rings is 1. The molecule has 7 nitrogen and oxygen atoms in total. The second kappa shape index (κ2) is 13.8. The fraction of sp³-hybridized carbons (Fsp3) is 0.367. The normalized spacial score (nSPS) is 18.5. The Balaban J connectivity index is 0.00000210. The number of benzene rings is 2. The Labute approximate surface area is 242 Å². The number of methoxy groups -OCH3 is 1. The van der Waals surface area contributed by atoms with Crippen LogP contribution >= 0.6 is 24.8 Å². The molecule has 0 aliphatic carbocycles. The summed E-state index contributed by atoms with van der Waals surface area (Å²) in [5.74, 6) is 1.07. The minimum Gasteiger partial charge on any atom is -0.496 e. The zero-order valence-electron chi connectivity index (χ0n) is 22.3. The summed E-state index contributed by atoms with van der Waals surface area (Å²) in [5.41, 5.74) is 5.14. The highest BCUT2D eigenvalue weighted by Crippen LogP contribution is 2.35. The summed E-state index contributed by atoms with van der Waals surface area (Å²) in [6, 6.07) is 18.2. The molecule has 208 valence electrons. The van der Waals surface area contributed by atoms with Crippen LogP contribution in [-0.4, -0.2) is 48.4 Å². The first-order valence-electron chi connectivity index (χ1n) is 13.0. The number of fused-ring (bicyclic) bond motifs is 1. The number of amides is 2. The molecule has 2 unspecified atom stereocenters. The van der Waals surface area contributed by atoms with E-state index in [0.29, 0.717) is 19.4 Å². The molecule has 3 aromatic rings. The Bertz CT molecular complexity index is 1260. The van der Waals surface area contributed by atoms with Crippen molar-refractivity contribution in [3.63, 3.8) is 0 Å². The van der Waals surface area contributed by atoms with E-state index in [0.717, 1.165) is 59.5 Å². The maximum absolute atomic E-state index is 13.5. The van der Waals surface area contributed by atoms with Crippen LogP contribution in [0, 0.1) is 0 Å². The minimum absolute atomic E-state index is 0. The van der Waals surface area contributed by atoms with Crippen LogP contribution in [0.3, 0.4) is 0 Å². The van der Waals surface area contributed by atoms with Gasteiger partial charge in [0, 0.05) is 56.2 Å². The number of likely N-dealkylation sites (tertiary alicyclic amines) is 1. The first-order chi connectivity index (χ1) is 18.0. The van der Waals surface area contributed by atoms with Crippen molar-refractivity contribution < 1.29 is 14.3 Å². The van der Waals surface area contributed by atoms with Gasteiger partial charge in [-0.2, -0.15) is 0 Å². The van der Waals surface area contributed by atoms with Crippen LogP contribution in [0.1, 0.15) is 47.6 Å². The van der Waals surface area contributed by atoms with Crippen molar-refractivity contribution in [1.29, 1.82) is 0 Å². The third-order valence-corrected chi connectivity index (χ3v) is 7.55. The largest absolute Gasteiger partial charge is 0.496 e. The summed E-state index contributed by atoms with van der Waals surface area (Å²) in [6.45, 7) is 1.31. The topological polar surface area (TPSA) is 74.8 Å². The van der Waals surface area contributed by atoms with Gasteiger partial charge in [0.15, 0.2) is 0 Å². The van der Waals surface area contributed by atoms with Gasteiger partial charge < -0.3 is 19.9 Å². The smallest absolute Gasteiger partial charge is 0.227 e. The lowest BCUT2D eigenvalue weighted by Gasteiger charge is -2.42. The zero-order chi connectivity index (χ0) is 25.8. The Kier molecular flexibility index (Phi) is 10.7. The lowest BCUT2D eigenvalue weighted by molar-refractivity contribution is -0.135. The number of hydrogen-bond donors (Lipinski definition) is 1. The molecule has 0 bridgehead atoms. The second-order valence-corrected chi connectivity index (χ2v) is 9.86. The van der Waals surface area contributed by atoms with Crippen molar-refractivity contribution in [2.45, 2.75) is 50.7 Å². The van der Waals surface area contributed by atoms with Crippen molar-refractivity contribution in [2.24, 2.45) is 0 Å². The van der Waals surface area contributed by atoms with E-state index in [1.165, 1.54) is 0 Å². The Morgan fingerprint density at radius 3 is 2.62 bits per heavy atom. The van der Waals surface area contributed by atoms with Crippen LogP contribution in [0.15, 0.2) is 67.0 Å². The summed E-state index contributed by atoms with van der Waals surface area (Å²) >= 11 is 0. The summed E-state index contributed by atoms with van der Waals surface area (Å²) in [6.07, 6.45) is 6.97. The molecule has 0 spiro atoms. The van der Waals surface area contributed by atoms with Gasteiger partial charge in [0.25, 0.3) is 0 Å². The molecular weight excluding hydrogens is 535 g/mol. The highest BCUT2D eigenvalue weighted by molar-refractivity contribution is 5.96. The van der Waals surface area contributed by atoms with Crippen LogP contribution in [0.2, 0.25) is 0 Å². The second-order valence-electron chi connectivity index (χ2n) is 9.86. The SMILES string of the molecule is COc1cc2c(cc1CNC1CCCN(C(=O)Cc3cccnc3)C1c1ccccc1)N(C)C(=O)CC2.Cl.Cl. The van der Waals surface area contributed by atoms with Crippen LogP contribution < -0.4 is 15.0 Å². The van der Waals surface area contributed by atoms with E-state index >= 15 is 0 Å². The summed E-state index contributed by atoms with van der Waals surface area (Å²) < 4.78 is 5.74. The lowest BCUT2D eigenvalue weighted by Crippen LogP contribution is -2.50. The number of halogens is 2.